The standard InChI is InChI=1S/C29H46O/c1-7-21(19(2)3)9-8-20(4)25-12-13-26-24-11-10-22-18-23(30)14-16-28(22,5)27(24)15-17-29(25,26)6/h10-11,18-21,24-27H,7-9,12-17H2,1-6H3/t20-,21?,24+,25-,26+,27+,28+,29-/m1/s1. The average molecular weight is 411 g/mol. The van der Waals surface area contributed by atoms with E-state index in [4.69, 9.17) is 0 Å². The molecule has 0 aromatic rings. The summed E-state index contributed by atoms with van der Waals surface area (Å²) in [5, 5.41) is 0. The van der Waals surface area contributed by atoms with Gasteiger partial charge in [-0.15, -0.1) is 0 Å². The molecule has 0 radical (unpaired) electrons. The molecule has 2 fully saturated rings. The molecule has 30 heavy (non-hydrogen) atoms. The van der Waals surface area contributed by atoms with Gasteiger partial charge >= 0.3 is 0 Å². The van der Waals surface area contributed by atoms with Gasteiger partial charge in [0.15, 0.2) is 5.78 Å². The van der Waals surface area contributed by atoms with E-state index in [0.29, 0.717) is 11.2 Å². The minimum absolute atomic E-state index is 0.240. The van der Waals surface area contributed by atoms with Gasteiger partial charge in [0.05, 0.1) is 0 Å². The Morgan fingerprint density at radius 3 is 2.50 bits per heavy atom. The molecule has 0 spiro atoms. The maximum absolute atomic E-state index is 12.0. The van der Waals surface area contributed by atoms with Crippen molar-refractivity contribution < 1.29 is 4.79 Å². The van der Waals surface area contributed by atoms with Crippen LogP contribution in [0.1, 0.15) is 99.3 Å². The summed E-state index contributed by atoms with van der Waals surface area (Å²) in [6.45, 7) is 14.9. The van der Waals surface area contributed by atoms with Crippen molar-refractivity contribution in [2.75, 3.05) is 0 Å². The van der Waals surface area contributed by atoms with Crippen LogP contribution in [0.5, 0.6) is 0 Å². The maximum atomic E-state index is 12.0. The Balaban J connectivity index is 1.51. The smallest absolute Gasteiger partial charge is 0.156 e. The predicted octanol–water partition coefficient (Wildman–Crippen LogP) is 8.01. The molecular weight excluding hydrogens is 364 g/mol. The molecule has 0 heterocycles. The minimum Gasteiger partial charge on any atom is -0.295 e. The molecule has 4 aliphatic rings. The fraction of sp³-hybridized carbons (Fsp3) is 0.828. The quantitative estimate of drug-likeness (QED) is 0.433. The highest BCUT2D eigenvalue weighted by atomic mass is 16.1. The van der Waals surface area contributed by atoms with Crippen LogP contribution in [0.15, 0.2) is 23.8 Å². The number of hydrogen-bond acceptors (Lipinski definition) is 1. The molecule has 1 heteroatoms. The van der Waals surface area contributed by atoms with Crippen LogP contribution in [0.2, 0.25) is 0 Å². The third-order valence-corrected chi connectivity index (χ3v) is 10.7. The highest BCUT2D eigenvalue weighted by molar-refractivity contribution is 5.92. The molecule has 0 saturated heterocycles. The van der Waals surface area contributed by atoms with Crippen molar-refractivity contribution in [1.29, 1.82) is 0 Å². The maximum Gasteiger partial charge on any atom is 0.156 e. The van der Waals surface area contributed by atoms with Crippen molar-refractivity contribution in [3.8, 4) is 0 Å². The van der Waals surface area contributed by atoms with Crippen LogP contribution in [-0.4, -0.2) is 5.78 Å². The van der Waals surface area contributed by atoms with Crippen molar-refractivity contribution in [1.82, 2.24) is 0 Å². The lowest BCUT2D eigenvalue weighted by molar-refractivity contribution is -0.116. The Labute approximate surface area is 186 Å². The van der Waals surface area contributed by atoms with Gasteiger partial charge in [-0.05, 0) is 102 Å². The number of rotatable bonds is 6. The van der Waals surface area contributed by atoms with Crippen molar-refractivity contribution in [2.24, 2.45) is 52.3 Å². The van der Waals surface area contributed by atoms with Gasteiger partial charge in [-0.25, -0.2) is 0 Å². The van der Waals surface area contributed by atoms with Crippen LogP contribution in [0.4, 0.5) is 0 Å². The first-order valence-electron chi connectivity index (χ1n) is 13.1. The van der Waals surface area contributed by atoms with Crippen LogP contribution in [0, 0.1) is 52.3 Å². The van der Waals surface area contributed by atoms with Gasteiger partial charge in [0.25, 0.3) is 0 Å². The lowest BCUT2D eigenvalue weighted by Crippen LogP contribution is -2.49. The first-order valence-corrected chi connectivity index (χ1v) is 13.1. The molecule has 1 nitrogen and oxygen atoms in total. The monoisotopic (exact) mass is 410 g/mol. The van der Waals surface area contributed by atoms with E-state index >= 15 is 0 Å². The van der Waals surface area contributed by atoms with E-state index in [2.05, 4.69) is 53.7 Å². The normalized spacial score (nSPS) is 42.4. The second-order valence-corrected chi connectivity index (χ2v) is 12.3. The molecule has 4 rings (SSSR count). The molecule has 4 aliphatic carbocycles. The third kappa shape index (κ3) is 3.57. The van der Waals surface area contributed by atoms with Crippen molar-refractivity contribution in [3.05, 3.63) is 23.8 Å². The fourth-order valence-corrected chi connectivity index (χ4v) is 8.66. The van der Waals surface area contributed by atoms with Gasteiger partial charge in [-0.3, -0.25) is 4.79 Å². The van der Waals surface area contributed by atoms with Gasteiger partial charge in [0.2, 0.25) is 0 Å². The Bertz CT molecular complexity index is 714. The van der Waals surface area contributed by atoms with E-state index in [9.17, 15) is 4.79 Å². The van der Waals surface area contributed by atoms with E-state index in [1.165, 1.54) is 50.5 Å². The van der Waals surface area contributed by atoms with Gasteiger partial charge in [0.1, 0.15) is 0 Å². The summed E-state index contributed by atoms with van der Waals surface area (Å²) in [7, 11) is 0. The van der Waals surface area contributed by atoms with Crippen molar-refractivity contribution in [3.63, 3.8) is 0 Å². The van der Waals surface area contributed by atoms with E-state index in [1.54, 1.807) is 0 Å². The highest BCUT2D eigenvalue weighted by Crippen LogP contribution is 2.66. The summed E-state index contributed by atoms with van der Waals surface area (Å²) < 4.78 is 0. The number of carbonyl (C=O) groups excluding carboxylic acids is 1. The van der Waals surface area contributed by atoms with Crippen molar-refractivity contribution >= 4 is 5.78 Å². The molecule has 2 saturated carbocycles. The second kappa shape index (κ2) is 8.25. The average Bonchev–Trinajstić information content (AvgIpc) is 3.06. The van der Waals surface area contributed by atoms with Gasteiger partial charge in [-0.2, -0.15) is 0 Å². The summed E-state index contributed by atoms with van der Waals surface area (Å²) in [6, 6.07) is 0. The van der Waals surface area contributed by atoms with E-state index in [1.807, 2.05) is 6.08 Å². The summed E-state index contributed by atoms with van der Waals surface area (Å²) in [6.07, 6.45) is 18.5. The number of hydrogen-bond donors (Lipinski definition) is 0. The molecular formula is C29H46O. The zero-order valence-corrected chi connectivity index (χ0v) is 20.5. The Hall–Kier alpha value is -0.850. The Kier molecular flexibility index (Phi) is 6.15. The number of ketones is 1. The van der Waals surface area contributed by atoms with Crippen LogP contribution in [0.3, 0.4) is 0 Å². The van der Waals surface area contributed by atoms with Gasteiger partial charge < -0.3 is 0 Å². The molecule has 0 amide bonds. The number of carbonyl (C=O) groups is 1. The number of fused-ring (bicyclic) bond motifs is 5. The third-order valence-electron chi connectivity index (χ3n) is 10.7. The molecule has 0 N–H and O–H groups in total. The summed E-state index contributed by atoms with van der Waals surface area (Å²) in [5.74, 6) is 6.15. The van der Waals surface area contributed by atoms with Gasteiger partial charge in [0, 0.05) is 6.42 Å². The molecule has 0 aromatic heterocycles. The SMILES string of the molecule is CCC(CC[C@@H](C)[C@H]1CC[C@H]2[C@@H]3C=CC4=CC(=O)CC[C@]4(C)[C@H]3CC[C@]12C)C(C)C. The summed E-state index contributed by atoms with van der Waals surface area (Å²) in [4.78, 5) is 12.0. The summed E-state index contributed by atoms with van der Waals surface area (Å²) >= 11 is 0. The van der Waals surface area contributed by atoms with Crippen molar-refractivity contribution in [2.45, 2.75) is 99.3 Å². The lowest BCUT2D eigenvalue weighted by atomic mass is 9.48. The van der Waals surface area contributed by atoms with Crippen LogP contribution in [0.25, 0.3) is 0 Å². The molecule has 0 aromatic carbocycles. The van der Waals surface area contributed by atoms with E-state index < -0.39 is 0 Å². The lowest BCUT2D eigenvalue weighted by Gasteiger charge is -2.56. The molecule has 1 unspecified atom stereocenters. The molecule has 8 atom stereocenters. The first-order chi connectivity index (χ1) is 14.2. The van der Waals surface area contributed by atoms with Crippen LogP contribution >= 0.6 is 0 Å². The molecule has 0 aliphatic heterocycles. The van der Waals surface area contributed by atoms with Crippen LogP contribution < -0.4 is 0 Å². The second-order valence-electron chi connectivity index (χ2n) is 12.3. The molecule has 0 bridgehead atoms. The molecule has 168 valence electrons. The fourth-order valence-electron chi connectivity index (χ4n) is 8.66. The van der Waals surface area contributed by atoms with E-state index in [0.717, 1.165) is 54.3 Å². The minimum atomic E-state index is 0.240. The highest BCUT2D eigenvalue weighted by Gasteiger charge is 2.58. The predicted molar refractivity (Wildman–Crippen MR) is 127 cm³/mol. The number of allylic oxidation sites excluding steroid dienone is 4. The largest absolute Gasteiger partial charge is 0.295 e. The Morgan fingerprint density at radius 1 is 1.03 bits per heavy atom. The zero-order valence-electron chi connectivity index (χ0n) is 20.5. The van der Waals surface area contributed by atoms with Gasteiger partial charge in [-0.1, -0.05) is 66.5 Å². The van der Waals surface area contributed by atoms with Crippen LogP contribution in [-0.2, 0) is 4.79 Å². The topological polar surface area (TPSA) is 17.1 Å². The Morgan fingerprint density at radius 2 is 1.80 bits per heavy atom. The first kappa shape index (κ1) is 22.3. The zero-order chi connectivity index (χ0) is 21.7. The van der Waals surface area contributed by atoms with E-state index in [-0.39, 0.29) is 5.41 Å². The summed E-state index contributed by atoms with van der Waals surface area (Å²) in [5.41, 5.74) is 2.10.